The lowest BCUT2D eigenvalue weighted by molar-refractivity contribution is 0.0519. The van der Waals surface area contributed by atoms with Crippen molar-refractivity contribution in [1.82, 2.24) is 15.2 Å². The molecule has 0 aliphatic carbocycles. The number of nitrogens with one attached hydrogen (secondary N) is 1. The van der Waals surface area contributed by atoms with Gasteiger partial charge < -0.3 is 15.0 Å². The molecule has 3 rings (SSSR count). The maximum Gasteiger partial charge on any atom is 0.356 e. The molecule has 0 saturated carbocycles. The first kappa shape index (κ1) is 23.5. The van der Waals surface area contributed by atoms with Crippen molar-refractivity contribution >= 4 is 35.1 Å². The maximum atomic E-state index is 12.7. The van der Waals surface area contributed by atoms with E-state index in [2.05, 4.69) is 10.3 Å². The van der Waals surface area contributed by atoms with Crippen molar-refractivity contribution in [3.8, 4) is 0 Å². The van der Waals surface area contributed by atoms with Crippen LogP contribution in [0.25, 0.3) is 0 Å². The number of nitrogens with zero attached hydrogens (tertiary/aromatic N) is 2. The predicted molar refractivity (Wildman–Crippen MR) is 122 cm³/mol. The molecule has 8 heteroatoms. The second kappa shape index (κ2) is 11.5. The van der Waals surface area contributed by atoms with Gasteiger partial charge in [-0.15, -0.1) is 0 Å². The molecule has 1 aliphatic heterocycles. The second-order valence-corrected chi connectivity index (χ2v) is 8.37. The van der Waals surface area contributed by atoms with Gasteiger partial charge in [0.25, 0.3) is 5.91 Å². The van der Waals surface area contributed by atoms with Gasteiger partial charge in [0.15, 0.2) is 0 Å². The number of pyridine rings is 1. The van der Waals surface area contributed by atoms with Crippen LogP contribution in [0.15, 0.2) is 36.4 Å². The summed E-state index contributed by atoms with van der Waals surface area (Å²) in [6, 6.07) is 10.4. The van der Waals surface area contributed by atoms with Gasteiger partial charge in [-0.05, 0) is 62.6 Å². The quantitative estimate of drug-likeness (QED) is 0.467. The average molecular weight is 464 g/mol. The second-order valence-electron chi connectivity index (χ2n) is 7.55. The minimum absolute atomic E-state index is 0.00229. The van der Waals surface area contributed by atoms with Crippen LogP contribution in [0.2, 0.25) is 10.0 Å². The van der Waals surface area contributed by atoms with Gasteiger partial charge in [0.2, 0.25) is 0 Å². The van der Waals surface area contributed by atoms with Gasteiger partial charge in [-0.25, -0.2) is 9.78 Å². The van der Waals surface area contributed by atoms with E-state index in [1.54, 1.807) is 31.2 Å². The van der Waals surface area contributed by atoms with Crippen molar-refractivity contribution < 1.29 is 14.3 Å². The molecule has 166 valence electrons. The number of esters is 1. The Labute approximate surface area is 192 Å². The van der Waals surface area contributed by atoms with E-state index in [0.717, 1.165) is 51.1 Å². The molecule has 2 aromatic rings. The van der Waals surface area contributed by atoms with Crippen molar-refractivity contribution in [3.05, 3.63) is 63.4 Å². The Kier molecular flexibility index (Phi) is 8.69. The highest BCUT2D eigenvalue weighted by Gasteiger charge is 2.23. The van der Waals surface area contributed by atoms with Crippen LogP contribution in [0.5, 0.6) is 0 Å². The number of rotatable bonds is 8. The number of amides is 1. The Hall–Kier alpha value is -2.15. The van der Waals surface area contributed by atoms with E-state index in [1.807, 2.05) is 17.0 Å². The van der Waals surface area contributed by atoms with Crippen LogP contribution < -0.4 is 5.32 Å². The highest BCUT2D eigenvalue weighted by molar-refractivity contribution is 6.42. The Morgan fingerprint density at radius 1 is 1.16 bits per heavy atom. The van der Waals surface area contributed by atoms with Gasteiger partial charge in [-0.2, -0.15) is 0 Å². The van der Waals surface area contributed by atoms with Crippen LogP contribution in [0.1, 0.15) is 46.3 Å². The van der Waals surface area contributed by atoms with Gasteiger partial charge in [0.1, 0.15) is 5.69 Å². The van der Waals surface area contributed by atoms with Crippen LogP contribution in [0.4, 0.5) is 0 Å². The Morgan fingerprint density at radius 2 is 1.94 bits per heavy atom. The maximum absolute atomic E-state index is 12.7. The van der Waals surface area contributed by atoms with Crippen molar-refractivity contribution in [2.24, 2.45) is 5.92 Å². The summed E-state index contributed by atoms with van der Waals surface area (Å²) in [6.07, 6.45) is 2.65. The lowest BCUT2D eigenvalue weighted by Gasteiger charge is -2.32. The van der Waals surface area contributed by atoms with E-state index < -0.39 is 0 Å². The average Bonchev–Trinajstić information content (AvgIpc) is 2.79. The fourth-order valence-electron chi connectivity index (χ4n) is 3.61. The summed E-state index contributed by atoms with van der Waals surface area (Å²) < 4.78 is 5.00. The molecule has 6 nitrogen and oxygen atoms in total. The molecule has 0 atom stereocenters. The summed E-state index contributed by atoms with van der Waals surface area (Å²) in [5.41, 5.74) is 1.78. The molecule has 1 aromatic heterocycles. The molecule has 1 saturated heterocycles. The molecule has 1 aromatic carbocycles. The summed E-state index contributed by atoms with van der Waals surface area (Å²) in [7, 11) is 0. The highest BCUT2D eigenvalue weighted by atomic mass is 35.5. The van der Waals surface area contributed by atoms with Gasteiger partial charge in [0, 0.05) is 37.3 Å². The largest absolute Gasteiger partial charge is 0.461 e. The molecule has 0 bridgehead atoms. The number of carbonyl (C=O) groups is 2. The fraction of sp³-hybridized carbons (Fsp3) is 0.435. The van der Waals surface area contributed by atoms with Crippen LogP contribution >= 0.6 is 23.2 Å². The fourth-order valence-corrected chi connectivity index (χ4v) is 3.91. The van der Waals surface area contributed by atoms with Crippen LogP contribution in [-0.4, -0.2) is 54.5 Å². The van der Waals surface area contributed by atoms with Gasteiger partial charge in [-0.1, -0.05) is 29.3 Å². The molecule has 0 radical (unpaired) electrons. The number of halogens is 2. The molecule has 1 N–H and O–H groups in total. The summed E-state index contributed by atoms with van der Waals surface area (Å²) in [6.45, 7) is 5.25. The van der Waals surface area contributed by atoms with E-state index in [-0.39, 0.29) is 11.9 Å². The lowest BCUT2D eigenvalue weighted by atomic mass is 9.96. The van der Waals surface area contributed by atoms with Crippen molar-refractivity contribution in [2.45, 2.75) is 26.2 Å². The monoisotopic (exact) mass is 463 g/mol. The third kappa shape index (κ3) is 6.66. The van der Waals surface area contributed by atoms with E-state index >= 15 is 0 Å². The number of benzene rings is 1. The first-order valence-corrected chi connectivity index (χ1v) is 11.3. The number of piperidine rings is 1. The smallest absolute Gasteiger partial charge is 0.356 e. The predicted octanol–water partition coefficient (Wildman–Crippen LogP) is 4.25. The Balaban J connectivity index is 1.39. The van der Waals surface area contributed by atoms with E-state index in [9.17, 15) is 9.59 Å². The van der Waals surface area contributed by atoms with Gasteiger partial charge >= 0.3 is 5.97 Å². The molecule has 0 spiro atoms. The molecular formula is C23H27Cl2N3O3. The van der Waals surface area contributed by atoms with Crippen molar-refractivity contribution in [2.75, 3.05) is 32.8 Å². The molecular weight excluding hydrogens is 437 g/mol. The molecule has 0 unspecified atom stereocenters. The molecule has 1 fully saturated rings. The van der Waals surface area contributed by atoms with E-state index in [1.165, 1.54) is 0 Å². The van der Waals surface area contributed by atoms with Crippen molar-refractivity contribution in [1.29, 1.82) is 0 Å². The molecule has 1 aliphatic rings. The highest BCUT2D eigenvalue weighted by Crippen LogP contribution is 2.24. The first-order valence-electron chi connectivity index (χ1n) is 10.6. The number of carbonyl (C=O) groups excluding carboxylic acids is 2. The topological polar surface area (TPSA) is 71.5 Å². The zero-order chi connectivity index (χ0) is 22.2. The summed E-state index contributed by atoms with van der Waals surface area (Å²) in [5.74, 6) is 0.133. The van der Waals surface area contributed by atoms with Crippen LogP contribution in [0.3, 0.4) is 0 Å². The number of aromatic nitrogens is 1. The molecule has 1 amide bonds. The normalized spacial score (nSPS) is 14.5. The number of likely N-dealkylation sites (tertiary alicyclic amines) is 1. The zero-order valence-electron chi connectivity index (χ0n) is 17.6. The van der Waals surface area contributed by atoms with Gasteiger partial charge in [0.05, 0.1) is 16.7 Å². The number of hydrogen-bond donors (Lipinski definition) is 1. The first-order chi connectivity index (χ1) is 15.0. The van der Waals surface area contributed by atoms with Crippen LogP contribution in [-0.2, 0) is 11.2 Å². The summed E-state index contributed by atoms with van der Waals surface area (Å²) in [5, 5.41) is 4.32. The minimum Gasteiger partial charge on any atom is -0.461 e. The Bertz CT molecular complexity index is 915. The standard InChI is InChI=1S/C23H27Cl2N3O3/c1-2-31-23(30)21-5-3-4-18(27-21)8-11-26-15-16-9-12-28(13-10-16)22(29)17-6-7-19(24)20(25)14-17/h3-7,14,16,26H,2,8-13,15H2,1H3. The third-order valence-electron chi connectivity index (χ3n) is 5.35. The SMILES string of the molecule is CCOC(=O)c1cccc(CCNCC2CCN(C(=O)c3ccc(Cl)c(Cl)c3)CC2)n1. The molecule has 31 heavy (non-hydrogen) atoms. The third-order valence-corrected chi connectivity index (χ3v) is 6.09. The van der Waals surface area contributed by atoms with Gasteiger partial charge in [-0.3, -0.25) is 4.79 Å². The number of hydrogen-bond acceptors (Lipinski definition) is 5. The Morgan fingerprint density at radius 3 is 2.65 bits per heavy atom. The van der Waals surface area contributed by atoms with E-state index in [0.29, 0.717) is 33.8 Å². The van der Waals surface area contributed by atoms with E-state index in [4.69, 9.17) is 27.9 Å². The summed E-state index contributed by atoms with van der Waals surface area (Å²) >= 11 is 12.0. The summed E-state index contributed by atoms with van der Waals surface area (Å²) in [4.78, 5) is 30.7. The molecule has 2 heterocycles. The lowest BCUT2D eigenvalue weighted by Crippen LogP contribution is -2.41. The van der Waals surface area contributed by atoms with Crippen molar-refractivity contribution in [3.63, 3.8) is 0 Å². The number of ether oxygens (including phenoxy) is 1. The van der Waals surface area contributed by atoms with Crippen LogP contribution in [0, 0.1) is 5.92 Å². The minimum atomic E-state index is -0.389. The zero-order valence-corrected chi connectivity index (χ0v) is 19.1.